The van der Waals surface area contributed by atoms with Crippen LogP contribution in [0, 0.1) is 32.4 Å². The van der Waals surface area contributed by atoms with Gasteiger partial charge in [0.1, 0.15) is 43.4 Å². The van der Waals surface area contributed by atoms with Crippen molar-refractivity contribution in [3.63, 3.8) is 0 Å². The maximum absolute atomic E-state index is 15.1. The molecule has 16 rings (SSSR count). The van der Waals surface area contributed by atoms with Crippen LogP contribution in [0.1, 0.15) is 132 Å². The number of H-pyrrole nitrogens is 2. The highest BCUT2D eigenvalue weighted by Crippen LogP contribution is 2.40. The molecule has 41 heteroatoms. The van der Waals surface area contributed by atoms with Gasteiger partial charge in [-0.2, -0.15) is 13.2 Å². The molecule has 0 bridgehead atoms. The topological polar surface area (TPSA) is 321 Å². The molecule has 0 fully saturated rings. The molecule has 23 nitrogen and oxygen atoms in total. The Morgan fingerprint density at radius 3 is 1.31 bits per heavy atom. The summed E-state index contributed by atoms with van der Waals surface area (Å²) in [5.41, 5.74) is 9.83. The highest BCUT2D eigenvalue weighted by atomic mass is 80.9. The number of methoxy groups -OCH3 is 1. The number of hydrogen-bond acceptors (Lipinski definition) is 16. The van der Waals surface area contributed by atoms with Crippen molar-refractivity contribution in [3.05, 3.63) is 330 Å². The third kappa shape index (κ3) is 27.4. The third-order valence-electron chi connectivity index (χ3n) is 18.7. The summed E-state index contributed by atoms with van der Waals surface area (Å²) in [7, 11) is 1.22. The van der Waals surface area contributed by atoms with Gasteiger partial charge in [0.05, 0.1) is 137 Å². The molecule has 0 aliphatic carbocycles. The molecule has 5 N–H and O–H groups in total. The second-order valence-electron chi connectivity index (χ2n) is 30.3. The predicted octanol–water partition coefficient (Wildman–Crippen LogP) is 28.6. The molecule has 0 radical (unpaired) electrons. The van der Waals surface area contributed by atoms with E-state index in [0.717, 1.165) is 66.0 Å². The quantitative estimate of drug-likeness (QED) is 0.0325. The average Bonchev–Trinajstić information content (AvgIpc) is 1.66. The number of alkyl halides is 3. The van der Waals surface area contributed by atoms with Crippen molar-refractivity contribution in [2.45, 2.75) is 86.1 Å². The lowest BCUT2D eigenvalue weighted by Crippen LogP contribution is -2.27. The van der Waals surface area contributed by atoms with E-state index in [1.54, 1.807) is 141 Å². The Labute approximate surface area is 838 Å². The van der Waals surface area contributed by atoms with E-state index in [1.807, 2.05) is 49.6 Å². The van der Waals surface area contributed by atoms with E-state index in [1.165, 1.54) is 75.9 Å². The van der Waals surface area contributed by atoms with E-state index in [0.29, 0.717) is 91.9 Å². The fraction of sp³-hybridized carbons (Fsp3) is 0.151. The number of nitrogens with two attached hydrogens (primary N) is 1. The molecule has 134 heavy (non-hydrogen) atoms. The Kier molecular flexibility index (Phi) is 37.3. The average molecular weight is 2270 g/mol. The van der Waals surface area contributed by atoms with Crippen molar-refractivity contribution in [3.8, 4) is 22.3 Å². The number of primary amides is 1. The second-order valence-corrected chi connectivity index (χ2v) is 35.5. The van der Waals surface area contributed by atoms with Gasteiger partial charge in [-0.1, -0.05) is 147 Å². The lowest BCUT2D eigenvalue weighted by molar-refractivity contribution is -0.154. The molecule has 10 aromatic heterocycles. The van der Waals surface area contributed by atoms with Crippen LogP contribution in [-0.2, 0) is 31.6 Å². The summed E-state index contributed by atoms with van der Waals surface area (Å²) in [6.45, 7) is 15.9. The van der Waals surface area contributed by atoms with E-state index in [9.17, 15) is 61.0 Å². The summed E-state index contributed by atoms with van der Waals surface area (Å²) < 4.78 is 87.6. The number of carbonyl (C=O) groups excluding carboxylic acids is 7. The van der Waals surface area contributed by atoms with Crippen molar-refractivity contribution in [2.24, 2.45) is 5.73 Å². The lowest BCUT2D eigenvalue weighted by atomic mass is 10.0. The van der Waals surface area contributed by atoms with Crippen molar-refractivity contribution < 1.29 is 79.6 Å². The monoisotopic (exact) mass is 2260 g/mol. The van der Waals surface area contributed by atoms with Crippen LogP contribution in [0.3, 0.4) is 0 Å². The summed E-state index contributed by atoms with van der Waals surface area (Å²) >= 11 is 64.9. The van der Waals surface area contributed by atoms with Crippen molar-refractivity contribution in [2.75, 3.05) is 7.11 Å². The van der Waals surface area contributed by atoms with Gasteiger partial charge in [0.2, 0.25) is 0 Å². The molecule has 10 heterocycles. The highest BCUT2D eigenvalue weighted by Gasteiger charge is 2.36. The van der Waals surface area contributed by atoms with Crippen molar-refractivity contribution in [1.29, 1.82) is 0 Å². The molecule has 0 atom stereocenters. The van der Waals surface area contributed by atoms with Crippen LogP contribution in [-0.4, -0.2) is 119 Å². The second kappa shape index (κ2) is 46.7. The zero-order valence-electron chi connectivity index (χ0n) is 71.2. The number of aromatic amines is 2. The van der Waals surface area contributed by atoms with E-state index in [2.05, 4.69) is 104 Å². The molecule has 16 aromatic rings. The number of carboxylic acid groups (broad SMARTS) is 1. The van der Waals surface area contributed by atoms with E-state index < -0.39 is 75.3 Å². The first-order valence-electron chi connectivity index (χ1n) is 38.6. The van der Waals surface area contributed by atoms with Gasteiger partial charge in [0.25, 0.3) is 23.0 Å². The number of esters is 2. The number of hydrogen-bond donors (Lipinski definition) is 4. The van der Waals surface area contributed by atoms with Crippen LogP contribution in [0.2, 0.25) is 40.7 Å². The van der Waals surface area contributed by atoms with Crippen molar-refractivity contribution >= 4 is 266 Å². The molecule has 1 amide bonds. The minimum atomic E-state index is -4.63. The summed E-state index contributed by atoms with van der Waals surface area (Å²) in [6, 6.07) is 36.7. The predicted molar refractivity (Wildman–Crippen MR) is 528 cm³/mol. The number of benzene rings is 6. The molecule has 696 valence electrons. The van der Waals surface area contributed by atoms with Gasteiger partial charge in [-0.25, -0.2) is 43.1 Å². The zero-order valence-corrected chi connectivity index (χ0v) is 84.4. The molecular weight excluding hydrogens is 2200 g/mol. The number of aromatic carboxylic acids is 1. The highest BCUT2D eigenvalue weighted by molar-refractivity contribution is 9.93. The summed E-state index contributed by atoms with van der Waals surface area (Å²) in [6.07, 6.45) is 10.8. The molecule has 0 saturated heterocycles. The smallest absolute Gasteiger partial charge is 0.417 e. The zero-order chi connectivity index (χ0) is 99.0. The Balaban J connectivity index is 0.000000186. The SMILES string of the molecule is BrBr.CC(C)(C)OC(N)=O.COC(=O)c1ccc(-c2cn(C(=O)c3c(C)cccc3Cl)c3cnc(Cl)cc23)c(F)c1.Cc1cccc(Cl)c1C(=O)n1cc(-c2ccc(C(=O)O)cc2F)c2cc(CC(=O)OC(C)(C)C)ncc21.Cc1cccc(Cl)c1C(=O)n1cc(Br)c2cc(Cl)ncc21.Clc1cc2c(Br)c[nH]c2cn1.Clc1cc2cc[nH]c2cn1.O=C(Cl)c1c(Cl)cccc1C(F)(F)F. The fourth-order valence-electron chi connectivity index (χ4n) is 12.9. The molecular formula is C93H71Br4Cl9F5N11O12. The van der Waals surface area contributed by atoms with Gasteiger partial charge in [-0.3, -0.25) is 42.7 Å². The summed E-state index contributed by atoms with van der Waals surface area (Å²) in [5, 5.41) is 14.3. The Bertz CT molecular complexity index is 7130. The number of aromatic nitrogens is 10. The van der Waals surface area contributed by atoms with Gasteiger partial charge >= 0.3 is 30.2 Å². The van der Waals surface area contributed by atoms with Gasteiger partial charge < -0.3 is 35.0 Å². The van der Waals surface area contributed by atoms with Crippen LogP contribution in [0.5, 0.6) is 0 Å². The number of rotatable bonds is 10. The van der Waals surface area contributed by atoms with Gasteiger partial charge in [-0.15, -0.1) is 0 Å². The maximum atomic E-state index is 15.1. The minimum absolute atomic E-state index is 0.0787. The summed E-state index contributed by atoms with van der Waals surface area (Å²) in [5.74, 6) is -4.83. The fourth-order valence-corrected chi connectivity index (χ4v) is 16.0. The molecule has 0 spiro atoms. The van der Waals surface area contributed by atoms with Gasteiger partial charge in [0.15, 0.2) is 0 Å². The number of amides is 1. The van der Waals surface area contributed by atoms with Crippen LogP contribution in [0.15, 0.2) is 217 Å². The molecule has 0 aliphatic heterocycles. The Morgan fingerprint density at radius 2 is 0.881 bits per heavy atom. The number of pyridine rings is 5. The van der Waals surface area contributed by atoms with Crippen LogP contribution in [0.25, 0.3) is 76.8 Å². The molecule has 0 saturated carbocycles. The number of nitrogens with one attached hydrogen (secondary N) is 2. The number of ether oxygens (including phenoxy) is 3. The van der Waals surface area contributed by atoms with E-state index >= 15 is 4.39 Å². The van der Waals surface area contributed by atoms with E-state index in [-0.39, 0.29) is 61.3 Å². The maximum Gasteiger partial charge on any atom is 0.417 e. The van der Waals surface area contributed by atoms with Gasteiger partial charge in [-0.05, 0) is 213 Å². The van der Waals surface area contributed by atoms with Crippen LogP contribution < -0.4 is 5.73 Å². The number of aryl methyl sites for hydroxylation is 3. The Hall–Kier alpha value is -10.7. The third-order valence-corrected chi connectivity index (χ3v) is 22.3. The number of halogens is 18. The number of nitrogens with zero attached hydrogens (tertiary/aromatic N) is 8. The summed E-state index contributed by atoms with van der Waals surface area (Å²) in [4.78, 5) is 122. The number of carboxylic acids is 1. The van der Waals surface area contributed by atoms with Crippen LogP contribution in [0.4, 0.5) is 26.7 Å². The molecule has 0 aliphatic rings. The van der Waals surface area contributed by atoms with Crippen molar-refractivity contribution in [1.82, 2.24) is 48.6 Å². The first-order chi connectivity index (χ1) is 63.0. The number of carbonyl (C=O) groups is 8. The van der Waals surface area contributed by atoms with E-state index in [4.69, 9.17) is 115 Å². The largest absolute Gasteiger partial charge is 0.478 e. The van der Waals surface area contributed by atoms with Gasteiger partial charge in [0, 0.05) is 117 Å². The van der Waals surface area contributed by atoms with Crippen LogP contribution >= 0.6 is 165 Å². The minimum Gasteiger partial charge on any atom is -0.478 e. The first kappa shape index (κ1) is 107. The Morgan fingerprint density at radius 1 is 0.470 bits per heavy atom. The molecule has 6 aromatic carbocycles. The number of fused-ring (bicyclic) bond motifs is 5. The first-order valence-corrected chi connectivity index (χ1v) is 47.3. The molecule has 0 unspecified atom stereocenters. The standard InChI is InChI=1S/C28H24ClFN2O5.C23H15Cl2FN2O3.C15H9BrCl2N2O.C8H3Cl2F3O.C7H4BrClN2.C7H5ClN2.C5H11NO2.Br2/c1-15-6-5-7-21(29)25(15)26(34)32-14-20(18-9-8-16(27(35)36)10-22(18)30)19-11-17(31-13-23(19)32)12-24(33)37-28(2,3)4;1-12-4-3-5-17(24)21(12)22(29)28-11-16(15-9-20(25)27-10-19(15)28)14-7-6-13(8-18(14)26)23(30)31-2;1-8-3-2-4-11(17)14(8)15(21)20-7-10(16)9-5-13(18)19-6-12(9)20;9-5-3-1-2-4(8(11,12)13)6(5)7(10)14;8-5-2-10-6-3-11-7(9)1-4(5)6;8-7-3-5-1-2-9-6(5)4-10-7;1-5(2,3)8-4(6)7;1-2/h5-11,13-14H,12H2,1-4H3,(H,35,36);3-11H,1-2H3;2-7H,1H3;1-3H;1-3,10H;1-4,9H;1-3H3,(H2,6,7);. The lowest BCUT2D eigenvalue weighted by Gasteiger charge is -2.19. The normalized spacial score (nSPS) is 11.0.